The Balaban J connectivity index is 1.23. The van der Waals surface area contributed by atoms with Crippen molar-refractivity contribution < 1.29 is 44.2 Å². The number of carbonyl (C=O) groups is 6. The van der Waals surface area contributed by atoms with Crippen LogP contribution in [0.4, 0.5) is 10.8 Å². The monoisotopic (exact) mass is 669 g/mol. The summed E-state index contributed by atoms with van der Waals surface area (Å²) in [5.41, 5.74) is 6.83. The van der Waals surface area contributed by atoms with Crippen molar-refractivity contribution in [1.29, 1.82) is 0 Å². The quantitative estimate of drug-likeness (QED) is 0.0640. The maximum Gasteiger partial charge on any atom is 0.352 e. The van der Waals surface area contributed by atoms with Gasteiger partial charge in [-0.25, -0.2) is 9.78 Å². The molecule has 1 aromatic heterocycles. The molecular formula is C28H27N7O9S2. The first kappa shape index (κ1) is 32.2. The third-order valence-electron chi connectivity index (χ3n) is 7.31. The zero-order chi connectivity index (χ0) is 33.1. The lowest BCUT2D eigenvalue weighted by Gasteiger charge is -2.49. The molecule has 0 spiro atoms. The zero-order valence-electron chi connectivity index (χ0n) is 23.8. The van der Waals surface area contributed by atoms with E-state index < -0.39 is 46.8 Å². The van der Waals surface area contributed by atoms with E-state index in [0.717, 1.165) is 21.8 Å². The number of amides is 4. The number of β-lactam (4-membered cyclic amide) rings is 1. The Morgan fingerprint density at radius 1 is 1.13 bits per heavy atom. The number of aromatic nitrogens is 1. The third-order valence-corrected chi connectivity index (χ3v) is 9.28. The molecule has 2 aromatic rings. The minimum absolute atomic E-state index is 0.0215. The number of fused-ring (bicyclic) bond motifs is 1. The first-order valence-corrected chi connectivity index (χ1v) is 15.7. The van der Waals surface area contributed by atoms with Crippen molar-refractivity contribution in [3.63, 3.8) is 0 Å². The summed E-state index contributed by atoms with van der Waals surface area (Å²) in [4.78, 5) is 80.4. The minimum atomic E-state index is -1.36. The van der Waals surface area contributed by atoms with E-state index in [0.29, 0.717) is 24.2 Å². The highest BCUT2D eigenvalue weighted by Crippen LogP contribution is 2.41. The van der Waals surface area contributed by atoms with E-state index in [2.05, 4.69) is 20.8 Å². The van der Waals surface area contributed by atoms with Crippen molar-refractivity contribution in [3.8, 4) is 0 Å². The van der Waals surface area contributed by atoms with Crippen LogP contribution in [0, 0.1) is 0 Å². The van der Waals surface area contributed by atoms with Crippen molar-refractivity contribution in [2.24, 2.45) is 5.16 Å². The van der Waals surface area contributed by atoms with Gasteiger partial charge in [0, 0.05) is 41.9 Å². The average Bonchev–Trinajstić information content (AvgIpc) is 3.60. The molecule has 2 atom stereocenters. The summed E-state index contributed by atoms with van der Waals surface area (Å²) in [7, 11) is 0. The van der Waals surface area contributed by atoms with Crippen LogP contribution in [-0.2, 0) is 35.3 Å². The number of nitrogens with two attached hydrogens (primary N) is 1. The second-order valence-corrected chi connectivity index (χ2v) is 12.3. The van der Waals surface area contributed by atoms with Crippen LogP contribution >= 0.6 is 23.1 Å². The molecule has 16 nitrogen and oxygen atoms in total. The number of carboxylic acid groups (broad SMARTS) is 2. The topological polar surface area (TPSA) is 245 Å². The normalized spacial score (nSPS) is 20.4. The highest BCUT2D eigenvalue weighted by atomic mass is 32.2. The summed E-state index contributed by atoms with van der Waals surface area (Å²) < 4.78 is 0. The van der Waals surface area contributed by atoms with Crippen LogP contribution < -0.4 is 16.4 Å². The number of nitrogens with zero attached hydrogens (tertiary/aromatic N) is 4. The van der Waals surface area contributed by atoms with Crippen LogP contribution in [-0.4, -0.2) is 95.2 Å². The van der Waals surface area contributed by atoms with Gasteiger partial charge in [-0.2, -0.15) is 0 Å². The average molecular weight is 670 g/mol. The maximum absolute atomic E-state index is 13.2. The molecule has 4 amide bonds. The summed E-state index contributed by atoms with van der Waals surface area (Å²) >= 11 is 2.25. The number of aliphatic carboxylic acids is 2. The molecule has 4 heterocycles. The van der Waals surface area contributed by atoms with Crippen molar-refractivity contribution in [1.82, 2.24) is 20.1 Å². The van der Waals surface area contributed by atoms with Gasteiger partial charge in [-0.1, -0.05) is 17.3 Å². The number of thioether (sulfide) groups is 1. The van der Waals surface area contributed by atoms with Crippen molar-refractivity contribution in [3.05, 3.63) is 63.8 Å². The number of rotatable bonds is 11. The van der Waals surface area contributed by atoms with E-state index in [-0.39, 0.29) is 53.1 Å². The summed E-state index contributed by atoms with van der Waals surface area (Å²) in [6, 6.07) is 5.68. The minimum Gasteiger partial charge on any atom is -0.481 e. The summed E-state index contributed by atoms with van der Waals surface area (Å²) in [5, 5.41) is 37.0. The predicted octanol–water partition coefficient (Wildman–Crippen LogP) is 0.804. The molecule has 7 N–H and O–H groups in total. The number of carboxylic acids is 2. The third kappa shape index (κ3) is 6.71. The van der Waals surface area contributed by atoms with Gasteiger partial charge >= 0.3 is 11.9 Å². The second-order valence-electron chi connectivity index (χ2n) is 10.3. The Morgan fingerprint density at radius 2 is 1.87 bits per heavy atom. The van der Waals surface area contributed by atoms with Gasteiger partial charge in [0.05, 0.1) is 6.42 Å². The largest absolute Gasteiger partial charge is 0.481 e. The number of anilines is 2. The highest BCUT2D eigenvalue weighted by Gasteiger charge is 2.54. The molecule has 3 aliphatic rings. The highest BCUT2D eigenvalue weighted by molar-refractivity contribution is 8.00. The number of thiazole rings is 1. The number of allylic oxidation sites excluding steroid dienone is 1. The number of nitrogens with one attached hydrogen (secondary N) is 2. The molecule has 0 aliphatic carbocycles. The molecule has 3 aliphatic heterocycles. The van der Waals surface area contributed by atoms with Gasteiger partial charge in [0.15, 0.2) is 10.8 Å². The molecule has 0 bridgehead atoms. The number of oxime groups is 1. The van der Waals surface area contributed by atoms with Crippen LogP contribution in [0.3, 0.4) is 0 Å². The van der Waals surface area contributed by atoms with Gasteiger partial charge in [-0.05, 0) is 35.8 Å². The molecule has 2 saturated heterocycles. The Kier molecular flexibility index (Phi) is 9.38. The maximum atomic E-state index is 13.2. The van der Waals surface area contributed by atoms with Crippen molar-refractivity contribution in [2.45, 2.75) is 37.2 Å². The second kappa shape index (κ2) is 13.4. The van der Waals surface area contributed by atoms with E-state index >= 15 is 0 Å². The van der Waals surface area contributed by atoms with Crippen LogP contribution in [0.1, 0.15) is 30.5 Å². The van der Waals surface area contributed by atoms with Gasteiger partial charge in [0.1, 0.15) is 22.8 Å². The van der Waals surface area contributed by atoms with Gasteiger partial charge < -0.3 is 36.7 Å². The van der Waals surface area contributed by atoms with Gasteiger partial charge in [0.2, 0.25) is 11.8 Å². The van der Waals surface area contributed by atoms with E-state index in [1.54, 1.807) is 29.2 Å². The SMILES string of the molecule is Nc1nc(/C(=N/O)C(=O)N[C@@H]2C(=O)N3C(C(=O)O)=C(/C=C4\CCN(Cc5ccc(NC(=O)CCC(=O)O)cc5)C4=O)CS[C@H]23)cs1. The van der Waals surface area contributed by atoms with E-state index in [1.807, 2.05) is 0 Å². The fourth-order valence-electron chi connectivity index (χ4n) is 5.09. The predicted molar refractivity (Wildman–Crippen MR) is 165 cm³/mol. The molecule has 5 rings (SSSR count). The van der Waals surface area contributed by atoms with Crippen LogP contribution in [0.2, 0.25) is 0 Å². The molecule has 0 radical (unpaired) electrons. The molecule has 2 fully saturated rings. The smallest absolute Gasteiger partial charge is 0.352 e. The number of hydrogen-bond acceptors (Lipinski definition) is 12. The number of carbonyl (C=O) groups excluding carboxylic acids is 4. The van der Waals surface area contributed by atoms with Gasteiger partial charge in [-0.3, -0.25) is 28.9 Å². The van der Waals surface area contributed by atoms with E-state index in [1.165, 1.54) is 23.2 Å². The fourth-order valence-corrected chi connectivity index (χ4v) is 6.95. The molecule has 0 saturated carbocycles. The molecular weight excluding hydrogens is 642 g/mol. The van der Waals surface area contributed by atoms with Crippen LogP contribution in [0.15, 0.2) is 57.7 Å². The van der Waals surface area contributed by atoms with Crippen LogP contribution in [0.5, 0.6) is 0 Å². The summed E-state index contributed by atoms with van der Waals surface area (Å²) in [5.74, 6) is -4.53. The van der Waals surface area contributed by atoms with E-state index in [9.17, 15) is 39.1 Å². The van der Waals surface area contributed by atoms with Gasteiger partial charge in [0.25, 0.3) is 11.8 Å². The summed E-state index contributed by atoms with van der Waals surface area (Å²) in [6.45, 7) is 0.656. The first-order valence-electron chi connectivity index (χ1n) is 13.7. The molecule has 18 heteroatoms. The van der Waals surface area contributed by atoms with Crippen molar-refractivity contribution >= 4 is 75.2 Å². The molecule has 0 unspecified atom stereocenters. The standard InChI is InChI=1S/C28H27N7O9S2/c29-28-31-17(12-46-28)20(33-44)23(39)32-21-25(41)35-22(27(42)43)15(11-45-26(21)35)9-14-7-8-34(24(14)40)10-13-1-3-16(4-2-13)30-18(36)5-6-19(37)38/h1-4,9,12,21,26,44H,5-8,10-11H2,(H2,29,31)(H,30,36)(H,32,39)(H,37,38)(H,42,43)/b14-9+,33-20-/t21-,26-/m1/s1. The number of hydrogen-bond donors (Lipinski definition) is 6. The molecule has 46 heavy (non-hydrogen) atoms. The lowest BCUT2D eigenvalue weighted by atomic mass is 10.0. The Labute approximate surface area is 268 Å². The summed E-state index contributed by atoms with van der Waals surface area (Å²) in [6.07, 6.45) is 1.44. The number of likely N-dealkylation sites (tertiary alicyclic amines) is 1. The van der Waals surface area contributed by atoms with Crippen molar-refractivity contribution in [2.75, 3.05) is 23.3 Å². The Hall–Kier alpha value is -5.23. The Bertz CT molecular complexity index is 1720. The molecule has 1 aromatic carbocycles. The van der Waals surface area contributed by atoms with E-state index in [4.69, 9.17) is 10.8 Å². The molecule has 240 valence electrons. The lowest BCUT2D eigenvalue weighted by Crippen LogP contribution is -2.71. The number of nitrogen functional groups attached to an aromatic ring is 1. The number of benzene rings is 1. The first-order chi connectivity index (χ1) is 22.0. The zero-order valence-corrected chi connectivity index (χ0v) is 25.5. The van der Waals surface area contributed by atoms with Crippen LogP contribution in [0.25, 0.3) is 0 Å². The Morgan fingerprint density at radius 3 is 2.50 bits per heavy atom. The lowest BCUT2D eigenvalue weighted by molar-refractivity contribution is -0.150. The van der Waals surface area contributed by atoms with Gasteiger partial charge in [-0.15, -0.1) is 23.1 Å². The fraction of sp³-hybridized carbons (Fsp3) is 0.286.